The zero-order valence-corrected chi connectivity index (χ0v) is 10.8. The number of aromatic nitrogens is 2. The maximum atomic E-state index is 10.8. The molecule has 0 atom stereocenters. The Bertz CT molecular complexity index is 663. The molecule has 4 rings (SSSR count). The van der Waals surface area contributed by atoms with Gasteiger partial charge in [-0.15, -0.1) is 0 Å². The summed E-state index contributed by atoms with van der Waals surface area (Å²) in [5.74, 6) is 0.0983. The molecule has 0 unspecified atom stereocenters. The Balaban J connectivity index is 0.000000121. The number of anilines is 1. The van der Waals surface area contributed by atoms with Crippen molar-refractivity contribution in [3.8, 4) is 0 Å². The van der Waals surface area contributed by atoms with E-state index in [1.165, 1.54) is 0 Å². The minimum atomic E-state index is 0.0983. The lowest BCUT2D eigenvalue weighted by Gasteiger charge is -1.93. The molecule has 0 spiro atoms. The SMILES string of the molecule is O=C1Cc2ccccc2N1.c1ccc2ncncc2c1. The summed E-state index contributed by atoms with van der Waals surface area (Å²) in [6.07, 6.45) is 3.90. The largest absolute Gasteiger partial charge is 0.326 e. The number of benzene rings is 2. The van der Waals surface area contributed by atoms with Crippen molar-refractivity contribution in [2.45, 2.75) is 6.42 Å². The van der Waals surface area contributed by atoms with E-state index in [9.17, 15) is 4.79 Å². The molecule has 0 saturated heterocycles. The number of para-hydroxylation sites is 2. The molecule has 98 valence electrons. The van der Waals surface area contributed by atoms with E-state index >= 15 is 0 Å². The van der Waals surface area contributed by atoms with E-state index in [1.54, 1.807) is 6.33 Å². The lowest BCUT2D eigenvalue weighted by Crippen LogP contribution is -2.03. The number of carbonyl (C=O) groups is 1. The maximum absolute atomic E-state index is 10.8. The third-order valence-electron chi connectivity index (χ3n) is 3.06. The first-order valence-electron chi connectivity index (χ1n) is 6.35. The zero-order chi connectivity index (χ0) is 13.8. The minimum absolute atomic E-state index is 0.0983. The highest BCUT2D eigenvalue weighted by atomic mass is 16.1. The lowest BCUT2D eigenvalue weighted by atomic mass is 10.2. The number of nitrogens with zero attached hydrogens (tertiary/aromatic N) is 2. The molecule has 0 fully saturated rings. The average molecular weight is 263 g/mol. The molecule has 4 nitrogen and oxygen atoms in total. The molecule has 4 heteroatoms. The van der Waals surface area contributed by atoms with Gasteiger partial charge >= 0.3 is 0 Å². The monoisotopic (exact) mass is 263 g/mol. The molecule has 1 aliphatic rings. The fraction of sp³-hybridized carbons (Fsp3) is 0.0625. The normalized spacial score (nSPS) is 12.3. The third kappa shape index (κ3) is 2.64. The summed E-state index contributed by atoms with van der Waals surface area (Å²) >= 11 is 0. The summed E-state index contributed by atoms with van der Waals surface area (Å²) in [7, 11) is 0. The average Bonchev–Trinajstić information content (AvgIpc) is 2.88. The Morgan fingerprint density at radius 2 is 1.80 bits per heavy atom. The van der Waals surface area contributed by atoms with Crippen LogP contribution in [0.25, 0.3) is 10.9 Å². The predicted molar refractivity (Wildman–Crippen MR) is 78.3 cm³/mol. The molecule has 1 N–H and O–H groups in total. The van der Waals surface area contributed by atoms with Crippen molar-refractivity contribution in [2.24, 2.45) is 0 Å². The van der Waals surface area contributed by atoms with Gasteiger partial charge in [0.25, 0.3) is 0 Å². The number of hydrogen-bond donors (Lipinski definition) is 1. The van der Waals surface area contributed by atoms with E-state index in [-0.39, 0.29) is 5.91 Å². The molecule has 1 aliphatic heterocycles. The van der Waals surface area contributed by atoms with Crippen molar-refractivity contribution in [3.05, 3.63) is 66.6 Å². The first-order valence-corrected chi connectivity index (χ1v) is 6.35. The standard InChI is InChI=1S/C8H6N2.C8H7NO/c1-2-4-8-7(3-1)5-9-6-10-8;10-8-5-6-3-1-2-4-7(6)9-8/h1-6H;1-4H,5H2,(H,9,10). The van der Waals surface area contributed by atoms with Gasteiger partial charge in [-0.2, -0.15) is 0 Å². The molecule has 20 heavy (non-hydrogen) atoms. The Kier molecular flexibility index (Phi) is 3.37. The van der Waals surface area contributed by atoms with Gasteiger partial charge in [-0.3, -0.25) is 4.79 Å². The molecule has 2 heterocycles. The van der Waals surface area contributed by atoms with Crippen molar-refractivity contribution < 1.29 is 4.79 Å². The second kappa shape index (κ2) is 5.48. The van der Waals surface area contributed by atoms with E-state index in [4.69, 9.17) is 0 Å². The zero-order valence-electron chi connectivity index (χ0n) is 10.8. The van der Waals surface area contributed by atoms with Crippen molar-refractivity contribution in [1.82, 2.24) is 9.97 Å². The van der Waals surface area contributed by atoms with Gasteiger partial charge < -0.3 is 5.32 Å². The van der Waals surface area contributed by atoms with Crippen LogP contribution in [0.3, 0.4) is 0 Å². The highest BCUT2D eigenvalue weighted by Crippen LogP contribution is 2.20. The van der Waals surface area contributed by atoms with Crippen LogP contribution in [0, 0.1) is 0 Å². The van der Waals surface area contributed by atoms with Gasteiger partial charge in [0.2, 0.25) is 5.91 Å². The predicted octanol–water partition coefficient (Wildman–Crippen LogP) is 2.81. The number of hydrogen-bond acceptors (Lipinski definition) is 3. The summed E-state index contributed by atoms with van der Waals surface area (Å²) in [6, 6.07) is 15.7. The minimum Gasteiger partial charge on any atom is -0.326 e. The molecule has 0 radical (unpaired) electrons. The van der Waals surface area contributed by atoms with Crippen LogP contribution in [-0.4, -0.2) is 15.9 Å². The molecular formula is C16H13N3O. The second-order valence-corrected chi connectivity index (χ2v) is 4.46. The van der Waals surface area contributed by atoms with E-state index in [2.05, 4.69) is 15.3 Å². The smallest absolute Gasteiger partial charge is 0.228 e. The van der Waals surface area contributed by atoms with Crippen LogP contribution in [0.5, 0.6) is 0 Å². The van der Waals surface area contributed by atoms with E-state index < -0.39 is 0 Å². The molecule has 0 saturated carbocycles. The van der Waals surface area contributed by atoms with Crippen LogP contribution >= 0.6 is 0 Å². The Morgan fingerprint density at radius 3 is 2.65 bits per heavy atom. The number of amides is 1. The van der Waals surface area contributed by atoms with Crippen LogP contribution in [0.4, 0.5) is 5.69 Å². The Hall–Kier alpha value is -2.75. The Labute approximate surface area is 116 Å². The van der Waals surface area contributed by atoms with Crippen molar-refractivity contribution in [3.63, 3.8) is 0 Å². The molecular weight excluding hydrogens is 250 g/mol. The number of fused-ring (bicyclic) bond motifs is 2. The first-order chi connectivity index (χ1) is 9.83. The van der Waals surface area contributed by atoms with Gasteiger partial charge in [0.15, 0.2) is 0 Å². The van der Waals surface area contributed by atoms with Gasteiger partial charge in [-0.25, -0.2) is 9.97 Å². The summed E-state index contributed by atoms with van der Waals surface area (Å²) in [6.45, 7) is 0. The molecule has 1 aromatic heterocycles. The molecule has 3 aromatic rings. The van der Waals surface area contributed by atoms with Gasteiger partial charge in [-0.1, -0.05) is 36.4 Å². The summed E-state index contributed by atoms with van der Waals surface area (Å²) in [4.78, 5) is 18.8. The topological polar surface area (TPSA) is 54.9 Å². The van der Waals surface area contributed by atoms with Gasteiger partial charge in [0, 0.05) is 17.3 Å². The number of carbonyl (C=O) groups excluding carboxylic acids is 1. The van der Waals surface area contributed by atoms with Crippen molar-refractivity contribution in [2.75, 3.05) is 5.32 Å². The summed E-state index contributed by atoms with van der Waals surface area (Å²) in [5.41, 5.74) is 3.07. The van der Waals surface area contributed by atoms with Crippen molar-refractivity contribution in [1.29, 1.82) is 0 Å². The lowest BCUT2D eigenvalue weighted by molar-refractivity contribution is -0.115. The van der Waals surface area contributed by atoms with E-state index in [0.29, 0.717) is 6.42 Å². The van der Waals surface area contributed by atoms with Crippen molar-refractivity contribution >= 4 is 22.5 Å². The van der Waals surface area contributed by atoms with Gasteiger partial charge in [0.1, 0.15) is 6.33 Å². The summed E-state index contributed by atoms with van der Waals surface area (Å²) in [5, 5.41) is 3.85. The fourth-order valence-corrected chi connectivity index (χ4v) is 2.09. The van der Waals surface area contributed by atoms with E-state index in [1.807, 2.05) is 54.7 Å². The third-order valence-corrected chi connectivity index (χ3v) is 3.06. The highest BCUT2D eigenvalue weighted by Gasteiger charge is 2.15. The fourth-order valence-electron chi connectivity index (χ4n) is 2.09. The van der Waals surface area contributed by atoms with Crippen LogP contribution in [0.1, 0.15) is 5.56 Å². The first kappa shape index (κ1) is 12.3. The Morgan fingerprint density at radius 1 is 1.00 bits per heavy atom. The highest BCUT2D eigenvalue weighted by molar-refractivity contribution is 5.98. The van der Waals surface area contributed by atoms with Crippen LogP contribution in [-0.2, 0) is 11.2 Å². The quantitative estimate of drug-likeness (QED) is 0.678. The van der Waals surface area contributed by atoms with Crippen LogP contribution in [0.2, 0.25) is 0 Å². The second-order valence-electron chi connectivity index (χ2n) is 4.46. The molecule has 2 aromatic carbocycles. The van der Waals surface area contributed by atoms with Crippen LogP contribution < -0.4 is 5.32 Å². The summed E-state index contributed by atoms with van der Waals surface area (Å²) < 4.78 is 0. The van der Waals surface area contributed by atoms with Gasteiger partial charge in [-0.05, 0) is 17.7 Å². The molecule has 0 aliphatic carbocycles. The molecule has 0 bridgehead atoms. The maximum Gasteiger partial charge on any atom is 0.228 e. The molecule has 1 amide bonds. The van der Waals surface area contributed by atoms with Crippen LogP contribution in [0.15, 0.2) is 61.1 Å². The van der Waals surface area contributed by atoms with Gasteiger partial charge in [0.05, 0.1) is 11.9 Å². The number of nitrogens with one attached hydrogen (secondary N) is 1. The number of rotatable bonds is 0. The van der Waals surface area contributed by atoms with E-state index in [0.717, 1.165) is 22.2 Å².